The van der Waals surface area contributed by atoms with Crippen LogP contribution in [-0.4, -0.2) is 224 Å². The van der Waals surface area contributed by atoms with E-state index in [0.29, 0.717) is 87.0 Å². The first-order valence-corrected chi connectivity index (χ1v) is 49.2. The summed E-state index contributed by atoms with van der Waals surface area (Å²) in [6.45, 7) is 35.1. The van der Waals surface area contributed by atoms with Gasteiger partial charge < -0.3 is 92.5 Å². The molecule has 0 spiro atoms. The van der Waals surface area contributed by atoms with Crippen molar-refractivity contribution in [3.8, 4) is 24.4 Å². The number of nitrogens with zero attached hydrogens (tertiary/aromatic N) is 15. The first kappa shape index (κ1) is 112. The van der Waals surface area contributed by atoms with Crippen molar-refractivity contribution in [1.82, 2.24) is 81.2 Å². The SMILES string of the molecule is C#Cc1cnc(Nc2cc(C(=O)NC)ccc2C)nc1N(C)CC(C)(C)C.CNC(=O)c1ccc(C)c(Nc2nc(NC3CCCC3)ncc2Br)c1.CNC(=O)c1ccc(C)c(Nc2nc(OC3CCN(C)CC3)nc(N(C)CC(C)(C)C)c2[N+](=O)[O-])c1.CNC(=O)c1ccc(C)c(Nc2nc(OC3CCN(C)CC3)ncc2Br)c1.CNC(=O)c1ccc(C)c(Nc2nccc(N(C)CC(C)(C)C)c2Br)c1.[HH].[HH].[HH].[HH].[HH]. The van der Waals surface area contributed by atoms with Crippen LogP contribution in [0.2, 0.25) is 0 Å². The molecule has 5 aromatic carbocycles. The Labute approximate surface area is 861 Å². The minimum Gasteiger partial charge on any atom is -0.460 e. The van der Waals surface area contributed by atoms with Gasteiger partial charge in [0.25, 0.3) is 29.5 Å². The van der Waals surface area contributed by atoms with E-state index in [2.05, 4.69) is 255 Å². The maximum absolute atomic E-state index is 12.3. The van der Waals surface area contributed by atoms with E-state index in [0.717, 1.165) is 153 Å². The van der Waals surface area contributed by atoms with Crippen LogP contribution in [0, 0.1) is 73.3 Å². The lowest BCUT2D eigenvalue weighted by molar-refractivity contribution is -0.383. The van der Waals surface area contributed by atoms with Crippen LogP contribution in [0.15, 0.2) is 135 Å². The van der Waals surface area contributed by atoms with Crippen molar-refractivity contribution in [2.45, 2.75) is 167 Å². The Hall–Kier alpha value is -13.0. The van der Waals surface area contributed by atoms with Gasteiger partial charge in [-0.1, -0.05) is 111 Å². The van der Waals surface area contributed by atoms with E-state index in [-0.39, 0.29) is 88.5 Å². The Kier molecular flexibility index (Phi) is 40.7. The number of piperidine rings is 2. The second-order valence-corrected chi connectivity index (χ2v) is 41.4. The van der Waals surface area contributed by atoms with Gasteiger partial charge >= 0.3 is 17.7 Å². The predicted molar refractivity (Wildman–Crippen MR) is 586 cm³/mol. The number of pyridine rings is 1. The molecule has 7 heterocycles. The number of aryl methyl sites for hydroxylation is 5. The van der Waals surface area contributed by atoms with E-state index >= 15 is 0 Å². The highest BCUT2D eigenvalue weighted by atomic mass is 79.9. The molecule has 764 valence electrons. The number of carbonyl (C=O) groups is 5. The van der Waals surface area contributed by atoms with E-state index in [9.17, 15) is 34.1 Å². The fourth-order valence-electron chi connectivity index (χ4n) is 15.6. The van der Waals surface area contributed by atoms with Crippen LogP contribution in [0.5, 0.6) is 12.0 Å². The number of likely N-dealkylation sites (tertiary alicyclic amines) is 2. The number of hydrogen-bond acceptors (Lipinski definition) is 29. The number of aromatic nitrogens is 9. The van der Waals surface area contributed by atoms with E-state index in [1.54, 1.807) is 121 Å². The molecule has 0 atom stereocenters. The Bertz CT molecular complexity index is 6090. The van der Waals surface area contributed by atoms with Crippen molar-refractivity contribution in [2.75, 3.05) is 163 Å². The molecule has 10 aromatic rings. The molecule has 13 rings (SSSR count). The largest absolute Gasteiger partial charge is 0.460 e. The number of anilines is 14. The first-order valence-electron chi connectivity index (χ1n) is 46.9. The molecular formula is C103H147Br3N26O9. The Morgan fingerprint density at radius 3 is 1.21 bits per heavy atom. The summed E-state index contributed by atoms with van der Waals surface area (Å²) in [7, 11) is 18.0. The number of rotatable bonds is 28. The average molecular weight is 2130 g/mol. The van der Waals surface area contributed by atoms with Gasteiger partial charge in [0.2, 0.25) is 23.5 Å². The third-order valence-corrected chi connectivity index (χ3v) is 25.0. The number of nitro groups is 1. The third kappa shape index (κ3) is 33.6. The number of hydrogen-bond donors (Lipinski definition) is 11. The van der Waals surface area contributed by atoms with Crippen molar-refractivity contribution in [3.63, 3.8) is 0 Å². The second-order valence-electron chi connectivity index (χ2n) is 38.9. The smallest absolute Gasteiger partial charge is 0.354 e. The van der Waals surface area contributed by atoms with E-state index in [1.165, 1.54) is 12.8 Å². The summed E-state index contributed by atoms with van der Waals surface area (Å²) < 4.78 is 14.5. The number of nitrogens with one attached hydrogen (secondary N) is 11. The molecule has 5 aromatic heterocycles. The van der Waals surface area contributed by atoms with Gasteiger partial charge in [-0.05, 0) is 246 Å². The highest BCUT2D eigenvalue weighted by Gasteiger charge is 2.33. The zero-order chi connectivity index (χ0) is 103. The Morgan fingerprint density at radius 1 is 0.454 bits per heavy atom. The summed E-state index contributed by atoms with van der Waals surface area (Å²) in [4.78, 5) is 122. The summed E-state index contributed by atoms with van der Waals surface area (Å²) in [6, 6.07) is 30.1. The molecule has 3 aliphatic rings. The average Bonchev–Trinajstić information content (AvgIpc) is 1.05. The van der Waals surface area contributed by atoms with Crippen LogP contribution in [0.25, 0.3) is 0 Å². The molecule has 35 nitrogen and oxygen atoms in total. The summed E-state index contributed by atoms with van der Waals surface area (Å²) in [6.07, 6.45) is 20.9. The number of carbonyl (C=O) groups excluding carboxylic acids is 5. The minimum atomic E-state index is -0.478. The molecule has 0 bridgehead atoms. The molecular weight excluding hydrogens is 1990 g/mol. The first-order chi connectivity index (χ1) is 66.7. The number of amides is 5. The molecule has 11 N–H and O–H groups in total. The molecule has 0 unspecified atom stereocenters. The lowest BCUT2D eigenvalue weighted by Crippen LogP contribution is -2.36. The van der Waals surface area contributed by atoms with Crippen LogP contribution in [-0.2, 0) is 0 Å². The fourth-order valence-corrected chi connectivity index (χ4v) is 16.8. The molecule has 2 saturated heterocycles. The molecule has 3 fully saturated rings. The van der Waals surface area contributed by atoms with E-state index in [1.807, 2.05) is 95.1 Å². The van der Waals surface area contributed by atoms with Gasteiger partial charge in [0.15, 0.2) is 5.82 Å². The lowest BCUT2D eigenvalue weighted by atomic mass is 9.96. The Morgan fingerprint density at radius 2 is 0.809 bits per heavy atom. The summed E-state index contributed by atoms with van der Waals surface area (Å²) in [5.41, 5.74) is 13.1. The van der Waals surface area contributed by atoms with Crippen molar-refractivity contribution < 1.29 is 45.5 Å². The number of benzene rings is 5. The molecule has 141 heavy (non-hydrogen) atoms. The monoisotopic (exact) mass is 2130 g/mol. The third-order valence-electron chi connectivity index (χ3n) is 23.0. The number of ether oxygens (including phenoxy) is 2. The lowest BCUT2D eigenvalue weighted by Gasteiger charge is -2.30. The van der Waals surface area contributed by atoms with Gasteiger partial charge in [0.1, 0.15) is 29.7 Å². The molecule has 1 saturated carbocycles. The van der Waals surface area contributed by atoms with E-state index in [4.69, 9.17) is 15.9 Å². The normalized spacial score (nSPS) is 13.4. The maximum Gasteiger partial charge on any atom is 0.354 e. The predicted octanol–water partition coefficient (Wildman–Crippen LogP) is 20.2. The topological polar surface area (TPSA) is 411 Å². The fraction of sp³-hybridized carbons (Fsp3) is 0.437. The molecule has 5 amide bonds. The summed E-state index contributed by atoms with van der Waals surface area (Å²) in [5.74, 6) is 5.83. The zero-order valence-corrected chi connectivity index (χ0v) is 90.2. The van der Waals surface area contributed by atoms with Gasteiger partial charge in [0, 0.05) is 184 Å². The minimum absolute atomic E-state index is 0. The van der Waals surface area contributed by atoms with Gasteiger partial charge in [-0.3, -0.25) is 34.1 Å². The van der Waals surface area contributed by atoms with Crippen LogP contribution in [0.1, 0.15) is 206 Å². The second kappa shape index (κ2) is 51.5. The standard InChI is InChI=1S/C25H37N7O4.C21H27N5O.C20H27BrN4O.C19H24BrN5O2.C18H22BrN5O.5H2/c1-16-8-9-17(23(33)26-5)14-19(16)27-21-20(32(34)35)22(31(7)15-25(2,3)4)29-24(28-21)36-18-10-12-30(6)13-11-18;1-8-15-12-23-20(25-18(15)26(7)13-21(3,4)5)24-17-11-16(19(27)22-6)10-9-14(17)2;1-13-7-8-14(19(26)22-5)11-15(13)24-18-17(21)16(9-10-23-18)25(6)12-20(2,3)4;1-12-4-5-13(18(26)21-2)10-16(12)23-17-15(20)11-22-19(24-17)27-14-6-8-25(3)9-7-14;1-11-7-8-12(17(25)20-2)9-15(11)23-16-14(19)10-21-18(24-16)22-13-5-3-4-6-13;;;;;/h8-9,14,18H,10-13,15H2,1-7H3,(H,26,33)(H,27,28,29);1,9-12H,13H2,2-7H3,(H,22,27)(H,23,24,25);7-11H,12H2,1-6H3,(H,22,26)(H,23,24);4-5,10-11,14H,6-9H2,1-3H3,(H,21,26)(H,22,23,24);7-10,13H,3-6H2,1-2H3,(H,20,25)(H2,21,22,23,24);5*1H. The van der Waals surface area contributed by atoms with E-state index < -0.39 is 4.92 Å². The number of terminal acetylenes is 1. The maximum atomic E-state index is 12.3. The summed E-state index contributed by atoms with van der Waals surface area (Å²) >= 11 is 10.7. The van der Waals surface area contributed by atoms with Crippen molar-refractivity contribution in [3.05, 3.63) is 207 Å². The van der Waals surface area contributed by atoms with Gasteiger partial charge in [-0.2, -0.15) is 24.9 Å². The van der Waals surface area contributed by atoms with Crippen LogP contribution in [0.3, 0.4) is 0 Å². The van der Waals surface area contributed by atoms with Gasteiger partial charge in [-0.25, -0.2) is 19.9 Å². The molecule has 38 heteroatoms. The van der Waals surface area contributed by atoms with Gasteiger partial charge in [-0.15, -0.1) is 6.42 Å². The quantitative estimate of drug-likeness (QED) is 0.0123. The van der Waals surface area contributed by atoms with Crippen LogP contribution in [0.4, 0.5) is 86.6 Å². The number of halogens is 3. The summed E-state index contributed by atoms with van der Waals surface area (Å²) in [5, 5.41) is 45.1. The van der Waals surface area contributed by atoms with Crippen molar-refractivity contribution in [1.29, 1.82) is 0 Å². The molecule has 2 aliphatic heterocycles. The molecule has 1 aliphatic carbocycles. The Balaban J connectivity index is 0.000000379. The van der Waals surface area contributed by atoms with Crippen LogP contribution >= 0.6 is 47.8 Å². The van der Waals surface area contributed by atoms with Crippen molar-refractivity contribution >= 4 is 164 Å². The highest BCUT2D eigenvalue weighted by molar-refractivity contribution is 9.11. The zero-order valence-electron chi connectivity index (χ0n) is 85.5. The van der Waals surface area contributed by atoms with Gasteiger partial charge in [0.05, 0.1) is 42.0 Å². The highest BCUT2D eigenvalue weighted by Crippen LogP contribution is 2.41. The van der Waals surface area contributed by atoms with Crippen molar-refractivity contribution in [2.24, 2.45) is 16.2 Å². The molecule has 0 radical (unpaired) electrons. The van der Waals surface area contributed by atoms with Crippen LogP contribution < -0.4 is 82.7 Å².